The van der Waals surface area contributed by atoms with Crippen LogP contribution in [-0.4, -0.2) is 183 Å². The van der Waals surface area contributed by atoms with E-state index >= 15 is 0 Å². The maximum atomic E-state index is 9.94. The summed E-state index contributed by atoms with van der Waals surface area (Å²) in [4.78, 5) is 0. The van der Waals surface area contributed by atoms with Gasteiger partial charge in [0.05, 0.1) is 13.2 Å². The van der Waals surface area contributed by atoms with Gasteiger partial charge in [0.2, 0.25) is 0 Å². The molecule has 0 spiro atoms. The normalized spacial score (nSPS) is 53.0. The summed E-state index contributed by atoms with van der Waals surface area (Å²) in [7, 11) is 0. The second-order valence-corrected chi connectivity index (χ2v) is 8.47. The summed E-state index contributed by atoms with van der Waals surface area (Å²) in [6.45, 7) is -1.35. The summed E-state index contributed by atoms with van der Waals surface area (Å²) < 4.78 is 15.3. The van der Waals surface area contributed by atoms with E-state index in [1.807, 2.05) is 0 Å². The van der Waals surface area contributed by atoms with Gasteiger partial charge in [0.1, 0.15) is 85.5 Å². The molecule has 2 heterocycles. The van der Waals surface area contributed by atoms with Crippen LogP contribution in [0.2, 0.25) is 0 Å². The predicted molar refractivity (Wildman–Crippen MR) is 105 cm³/mol. The van der Waals surface area contributed by atoms with Gasteiger partial charge in [-0.1, -0.05) is 0 Å². The van der Waals surface area contributed by atoms with Crippen LogP contribution >= 0.6 is 0 Å². The molecule has 1 aliphatic carbocycles. The molecule has 14 N–H and O–H groups in total. The minimum Gasteiger partial charge on any atom is -0.394 e. The maximum absolute atomic E-state index is 9.94. The maximum Gasteiger partial charge on any atom is 0.187 e. The smallest absolute Gasteiger partial charge is 0.187 e. The van der Waals surface area contributed by atoms with E-state index in [9.17, 15) is 35.7 Å². The van der Waals surface area contributed by atoms with Crippen LogP contribution < -0.4 is 0 Å². The molecule has 0 radical (unpaired) electrons. The molecular formula is C18H34O17. The lowest BCUT2D eigenvalue weighted by Crippen LogP contribution is -2.64. The highest BCUT2D eigenvalue weighted by molar-refractivity contribution is 4.98. The number of rotatable bonds is 4. The van der Waals surface area contributed by atoms with Crippen molar-refractivity contribution in [1.29, 1.82) is 0 Å². The Kier molecular flexibility index (Phi) is 11.1. The van der Waals surface area contributed by atoms with Crippen molar-refractivity contribution in [3.05, 3.63) is 0 Å². The van der Waals surface area contributed by atoms with Crippen LogP contribution in [0.5, 0.6) is 0 Å². The van der Waals surface area contributed by atoms with Crippen molar-refractivity contribution in [3.8, 4) is 0 Å². The van der Waals surface area contributed by atoms with Gasteiger partial charge in [-0.25, -0.2) is 0 Å². The van der Waals surface area contributed by atoms with Crippen molar-refractivity contribution in [2.24, 2.45) is 0 Å². The van der Waals surface area contributed by atoms with E-state index in [0.29, 0.717) is 0 Å². The van der Waals surface area contributed by atoms with Gasteiger partial charge in [-0.3, -0.25) is 0 Å². The molecule has 3 rings (SSSR count). The molecule has 208 valence electrons. The van der Waals surface area contributed by atoms with E-state index in [1.165, 1.54) is 0 Å². The highest BCUT2D eigenvalue weighted by Crippen LogP contribution is 2.28. The lowest BCUT2D eigenvalue weighted by atomic mass is 9.85. The summed E-state index contributed by atoms with van der Waals surface area (Å²) in [6, 6.07) is 0. The first-order valence-corrected chi connectivity index (χ1v) is 10.6. The van der Waals surface area contributed by atoms with Gasteiger partial charge >= 0.3 is 0 Å². The van der Waals surface area contributed by atoms with Gasteiger partial charge in [0.25, 0.3) is 0 Å². The predicted octanol–water partition coefficient (Wildman–Crippen LogP) is -9.23. The average Bonchev–Trinajstić information content (AvgIpc) is 2.85. The molecule has 0 amide bonds. The number of hydrogen-bond acceptors (Lipinski definition) is 17. The topological polar surface area (TPSA) is 311 Å². The highest BCUT2D eigenvalue weighted by atomic mass is 16.7. The van der Waals surface area contributed by atoms with E-state index in [2.05, 4.69) is 0 Å². The zero-order valence-electron chi connectivity index (χ0n) is 18.1. The second kappa shape index (κ2) is 12.7. The van der Waals surface area contributed by atoms with Crippen LogP contribution in [0.4, 0.5) is 0 Å². The Morgan fingerprint density at radius 3 is 1.23 bits per heavy atom. The Hall–Kier alpha value is -0.680. The molecule has 0 aromatic rings. The summed E-state index contributed by atoms with van der Waals surface area (Å²) in [5.41, 5.74) is 0. The van der Waals surface area contributed by atoms with Gasteiger partial charge in [0, 0.05) is 0 Å². The third-order valence-corrected chi connectivity index (χ3v) is 6.08. The molecule has 35 heavy (non-hydrogen) atoms. The van der Waals surface area contributed by atoms with Crippen molar-refractivity contribution < 1.29 is 85.7 Å². The standard InChI is InChI=1S/C12H22O11.C6H12O6/c13-1-3-5(15)6(16)9(19)12(22-3)23-10-4(2-14)21-11(20)8(18)7(10)17;7-1-2(8)4(10)6(12)5(11)3(1)9/h3-20H,1-2H2;1-12H/t3-,4-,5-,6+,7-,8-,9-,10-,11-,12+;1-,2-,3-,4+,5-,6-/m1./s1. The van der Waals surface area contributed by atoms with E-state index in [-0.39, 0.29) is 0 Å². The first kappa shape index (κ1) is 30.5. The molecule has 2 saturated heterocycles. The molecular weight excluding hydrogens is 488 g/mol. The Balaban J connectivity index is 0.000000303. The largest absolute Gasteiger partial charge is 0.394 e. The third kappa shape index (κ3) is 6.43. The molecule has 0 aromatic carbocycles. The van der Waals surface area contributed by atoms with Gasteiger partial charge in [0.15, 0.2) is 12.6 Å². The molecule has 2 aliphatic heterocycles. The van der Waals surface area contributed by atoms with Crippen LogP contribution in [0.15, 0.2) is 0 Å². The molecule has 17 heteroatoms. The zero-order valence-corrected chi connectivity index (χ0v) is 18.1. The van der Waals surface area contributed by atoms with E-state index in [4.69, 9.17) is 50.0 Å². The lowest BCUT2D eigenvalue weighted by molar-refractivity contribution is -0.355. The fourth-order valence-corrected chi connectivity index (χ4v) is 3.78. The third-order valence-electron chi connectivity index (χ3n) is 6.08. The summed E-state index contributed by atoms with van der Waals surface area (Å²) >= 11 is 0. The van der Waals surface area contributed by atoms with Gasteiger partial charge in [-0.05, 0) is 0 Å². The quantitative estimate of drug-likeness (QED) is 0.163. The Morgan fingerprint density at radius 2 is 0.829 bits per heavy atom. The fourth-order valence-electron chi connectivity index (χ4n) is 3.78. The van der Waals surface area contributed by atoms with Gasteiger partial charge in [-0.15, -0.1) is 0 Å². The zero-order chi connectivity index (χ0) is 26.8. The molecule has 0 unspecified atom stereocenters. The van der Waals surface area contributed by atoms with E-state index in [0.717, 1.165) is 0 Å². The molecule has 1 saturated carbocycles. The number of aliphatic hydroxyl groups is 14. The van der Waals surface area contributed by atoms with Crippen LogP contribution in [0.1, 0.15) is 0 Å². The van der Waals surface area contributed by atoms with Crippen molar-refractivity contribution in [2.75, 3.05) is 13.2 Å². The van der Waals surface area contributed by atoms with E-state index < -0.39 is 111 Å². The highest BCUT2D eigenvalue weighted by Gasteiger charge is 2.50. The minimum absolute atomic E-state index is 0.667. The van der Waals surface area contributed by atoms with Gasteiger partial charge < -0.3 is 85.7 Å². The van der Waals surface area contributed by atoms with Crippen molar-refractivity contribution in [1.82, 2.24) is 0 Å². The van der Waals surface area contributed by atoms with Gasteiger partial charge in [-0.2, -0.15) is 0 Å². The molecule has 3 fully saturated rings. The number of aliphatic hydroxyl groups excluding tert-OH is 14. The second-order valence-electron chi connectivity index (χ2n) is 8.47. The lowest BCUT2D eigenvalue weighted by Gasteiger charge is -2.45. The van der Waals surface area contributed by atoms with E-state index in [1.54, 1.807) is 0 Å². The molecule has 10 atom stereocenters. The number of ether oxygens (including phenoxy) is 3. The molecule has 17 nitrogen and oxygen atoms in total. The Morgan fingerprint density at radius 1 is 0.429 bits per heavy atom. The summed E-state index contributed by atoms with van der Waals surface area (Å²) in [6.07, 6.45) is -25.4. The van der Waals surface area contributed by atoms with Crippen molar-refractivity contribution >= 4 is 0 Å². The fraction of sp³-hybridized carbons (Fsp3) is 1.00. The monoisotopic (exact) mass is 522 g/mol. The SMILES string of the molecule is OC[C@H]1O[C@@H](O[C@H]2[C@H](O)[C@@H](O)[C@H](O)O[C@@H]2CO)[C@H](O)[C@@H](O)[C@@H]1O.O[C@H]1[C@H](O)[C@@H](O)[C@H](O)[C@@H](O)[C@H]1O. The van der Waals surface area contributed by atoms with Crippen LogP contribution in [0.3, 0.4) is 0 Å². The van der Waals surface area contributed by atoms with Crippen LogP contribution in [-0.2, 0) is 14.2 Å². The van der Waals surface area contributed by atoms with Crippen LogP contribution in [0, 0.1) is 0 Å². The Labute approximate surface area is 197 Å². The summed E-state index contributed by atoms with van der Waals surface area (Å²) in [5, 5.41) is 130. The Bertz CT molecular complexity index is 580. The first-order chi connectivity index (χ1) is 16.3. The molecule has 0 bridgehead atoms. The van der Waals surface area contributed by atoms with Crippen molar-refractivity contribution in [3.63, 3.8) is 0 Å². The first-order valence-electron chi connectivity index (χ1n) is 10.6. The van der Waals surface area contributed by atoms with Crippen LogP contribution in [0.25, 0.3) is 0 Å². The number of hydrogen-bond donors (Lipinski definition) is 14. The minimum atomic E-state index is -1.74. The molecule has 3 aliphatic rings. The van der Waals surface area contributed by atoms with Crippen molar-refractivity contribution in [2.45, 2.75) is 98.0 Å². The average molecular weight is 522 g/mol. The molecule has 0 aromatic heterocycles. The summed E-state index contributed by atoms with van der Waals surface area (Å²) in [5.74, 6) is 0.